The summed E-state index contributed by atoms with van der Waals surface area (Å²) >= 11 is 0. The van der Waals surface area contributed by atoms with Gasteiger partial charge in [0.15, 0.2) is 0 Å². The molecule has 0 aliphatic rings. The number of anilines is 1. The van der Waals surface area contributed by atoms with Crippen molar-refractivity contribution in [2.24, 2.45) is 5.73 Å². The fourth-order valence-electron chi connectivity index (χ4n) is 1.16. The molecule has 0 bridgehead atoms. The molecule has 0 radical (unpaired) electrons. The van der Waals surface area contributed by atoms with Gasteiger partial charge < -0.3 is 11.1 Å². The van der Waals surface area contributed by atoms with Crippen LogP contribution in [0.3, 0.4) is 0 Å². The third-order valence-corrected chi connectivity index (χ3v) is 3.12. The predicted octanol–water partition coefficient (Wildman–Crippen LogP) is 3.34. The van der Waals surface area contributed by atoms with E-state index in [1.165, 1.54) is 5.56 Å². The van der Waals surface area contributed by atoms with E-state index < -0.39 is 0 Å². The molecular weight excluding hydrogens is 220 g/mol. The molecule has 0 saturated carbocycles. The minimum Gasteiger partial charge on any atom is -0.378 e. The van der Waals surface area contributed by atoms with Crippen molar-refractivity contribution in [2.45, 2.75) is 45.7 Å². The lowest BCUT2D eigenvalue weighted by atomic mass is 9.83. The highest BCUT2D eigenvalue weighted by Crippen LogP contribution is 2.24. The fourth-order valence-corrected chi connectivity index (χ4v) is 1.16. The van der Waals surface area contributed by atoms with Gasteiger partial charge in [0.25, 0.3) is 0 Å². The van der Waals surface area contributed by atoms with Crippen molar-refractivity contribution in [1.29, 1.82) is 0 Å². The molecule has 2 nitrogen and oxygen atoms in total. The van der Waals surface area contributed by atoms with Crippen LogP contribution in [0.25, 0.3) is 0 Å². The van der Waals surface area contributed by atoms with Gasteiger partial charge in [-0.25, -0.2) is 0 Å². The number of nitrogens with two attached hydrogens (primary N) is 1. The maximum absolute atomic E-state index is 6.13. The Kier molecular flexibility index (Phi) is 4.84. The van der Waals surface area contributed by atoms with Gasteiger partial charge in [0, 0.05) is 16.8 Å². The first kappa shape index (κ1) is 15.3. The SMILES string of the molecule is Cc1ccc(NC(C)(C)C(C)(C)N)cc1.Cl. The molecule has 0 unspecified atom stereocenters. The lowest BCUT2D eigenvalue weighted by Gasteiger charge is -2.40. The monoisotopic (exact) mass is 242 g/mol. The van der Waals surface area contributed by atoms with Crippen LogP contribution in [0.1, 0.15) is 33.3 Å². The first-order valence-corrected chi connectivity index (χ1v) is 5.36. The van der Waals surface area contributed by atoms with Crippen LogP contribution >= 0.6 is 12.4 Å². The molecule has 0 heterocycles. The van der Waals surface area contributed by atoms with Crippen LogP contribution in [0.15, 0.2) is 24.3 Å². The standard InChI is InChI=1S/C13H22N2.ClH/c1-10-6-8-11(9-7-10)15-13(4,5)12(2,3)14;/h6-9,15H,14H2,1-5H3;1H. The highest BCUT2D eigenvalue weighted by Gasteiger charge is 2.32. The summed E-state index contributed by atoms with van der Waals surface area (Å²) in [6.07, 6.45) is 0. The second-order valence-electron chi connectivity index (χ2n) is 5.34. The lowest BCUT2D eigenvalue weighted by molar-refractivity contribution is 0.337. The van der Waals surface area contributed by atoms with E-state index in [9.17, 15) is 0 Å². The first-order valence-electron chi connectivity index (χ1n) is 5.36. The number of aryl methyl sites for hydroxylation is 1. The van der Waals surface area contributed by atoms with E-state index in [1.54, 1.807) is 0 Å². The van der Waals surface area contributed by atoms with E-state index in [4.69, 9.17) is 5.73 Å². The Morgan fingerprint density at radius 3 is 1.81 bits per heavy atom. The molecule has 1 rings (SSSR count). The normalized spacial score (nSPS) is 11.9. The second kappa shape index (κ2) is 5.07. The zero-order valence-corrected chi connectivity index (χ0v) is 11.6. The predicted molar refractivity (Wildman–Crippen MR) is 74.4 cm³/mol. The summed E-state index contributed by atoms with van der Waals surface area (Å²) in [5, 5.41) is 3.46. The van der Waals surface area contributed by atoms with E-state index in [-0.39, 0.29) is 23.5 Å². The largest absolute Gasteiger partial charge is 0.378 e. The number of halogens is 1. The van der Waals surface area contributed by atoms with Gasteiger partial charge in [-0.3, -0.25) is 0 Å². The molecule has 92 valence electrons. The summed E-state index contributed by atoms with van der Waals surface area (Å²) in [5.74, 6) is 0. The summed E-state index contributed by atoms with van der Waals surface area (Å²) in [6.45, 7) is 10.4. The van der Waals surface area contributed by atoms with Crippen molar-refractivity contribution >= 4 is 18.1 Å². The summed E-state index contributed by atoms with van der Waals surface area (Å²) in [7, 11) is 0. The molecule has 1 aromatic rings. The number of benzene rings is 1. The van der Waals surface area contributed by atoms with Crippen LogP contribution in [0.4, 0.5) is 5.69 Å². The first-order chi connectivity index (χ1) is 6.72. The molecule has 16 heavy (non-hydrogen) atoms. The molecule has 3 heteroatoms. The molecule has 1 aromatic carbocycles. The number of nitrogens with one attached hydrogen (secondary N) is 1. The van der Waals surface area contributed by atoms with Gasteiger partial charge in [0.1, 0.15) is 0 Å². The Balaban J connectivity index is 0.00000225. The summed E-state index contributed by atoms with van der Waals surface area (Å²) in [4.78, 5) is 0. The van der Waals surface area contributed by atoms with Crippen molar-refractivity contribution in [2.75, 3.05) is 5.32 Å². The van der Waals surface area contributed by atoms with E-state index >= 15 is 0 Å². The van der Waals surface area contributed by atoms with Gasteiger partial charge in [-0.2, -0.15) is 0 Å². The van der Waals surface area contributed by atoms with E-state index in [0.29, 0.717) is 0 Å². The Labute approximate surface area is 105 Å². The average molecular weight is 243 g/mol. The van der Waals surface area contributed by atoms with Crippen LogP contribution < -0.4 is 11.1 Å². The van der Waals surface area contributed by atoms with Gasteiger partial charge in [-0.1, -0.05) is 17.7 Å². The van der Waals surface area contributed by atoms with Crippen molar-refractivity contribution in [3.05, 3.63) is 29.8 Å². The number of hydrogen-bond donors (Lipinski definition) is 2. The topological polar surface area (TPSA) is 38.0 Å². The Morgan fingerprint density at radius 2 is 1.44 bits per heavy atom. The Bertz CT molecular complexity index is 323. The van der Waals surface area contributed by atoms with Gasteiger partial charge in [0.2, 0.25) is 0 Å². The van der Waals surface area contributed by atoms with Crippen LogP contribution in [0, 0.1) is 6.92 Å². The molecule has 0 amide bonds. The van der Waals surface area contributed by atoms with E-state index in [0.717, 1.165) is 5.69 Å². The van der Waals surface area contributed by atoms with Crippen LogP contribution in [0.5, 0.6) is 0 Å². The van der Waals surface area contributed by atoms with Crippen LogP contribution in [0.2, 0.25) is 0 Å². The Morgan fingerprint density at radius 1 is 1.00 bits per heavy atom. The molecule has 0 saturated heterocycles. The number of rotatable bonds is 3. The highest BCUT2D eigenvalue weighted by atomic mass is 35.5. The molecular formula is C13H23ClN2. The van der Waals surface area contributed by atoms with Crippen LogP contribution in [-0.2, 0) is 0 Å². The van der Waals surface area contributed by atoms with Crippen LogP contribution in [-0.4, -0.2) is 11.1 Å². The quantitative estimate of drug-likeness (QED) is 0.853. The zero-order valence-electron chi connectivity index (χ0n) is 10.8. The summed E-state index contributed by atoms with van der Waals surface area (Å²) in [5.41, 5.74) is 8.11. The van der Waals surface area contributed by atoms with E-state index in [2.05, 4.69) is 50.4 Å². The van der Waals surface area contributed by atoms with Gasteiger partial charge in [0.05, 0.1) is 0 Å². The minimum absolute atomic E-state index is 0. The fraction of sp³-hybridized carbons (Fsp3) is 0.538. The lowest BCUT2D eigenvalue weighted by Crippen LogP contribution is -2.57. The van der Waals surface area contributed by atoms with Crippen molar-refractivity contribution < 1.29 is 0 Å². The second-order valence-corrected chi connectivity index (χ2v) is 5.34. The average Bonchev–Trinajstić information content (AvgIpc) is 2.06. The number of hydrogen-bond acceptors (Lipinski definition) is 2. The zero-order chi connectivity index (χ0) is 11.7. The van der Waals surface area contributed by atoms with Gasteiger partial charge in [-0.15, -0.1) is 12.4 Å². The van der Waals surface area contributed by atoms with Gasteiger partial charge in [-0.05, 0) is 46.8 Å². The molecule has 0 atom stereocenters. The van der Waals surface area contributed by atoms with E-state index in [1.807, 2.05) is 13.8 Å². The molecule has 0 aromatic heterocycles. The van der Waals surface area contributed by atoms with Crippen molar-refractivity contribution in [3.63, 3.8) is 0 Å². The summed E-state index contributed by atoms with van der Waals surface area (Å²) in [6, 6.07) is 8.37. The molecule has 0 aliphatic carbocycles. The maximum atomic E-state index is 6.13. The third-order valence-electron chi connectivity index (χ3n) is 3.12. The van der Waals surface area contributed by atoms with Gasteiger partial charge >= 0.3 is 0 Å². The summed E-state index contributed by atoms with van der Waals surface area (Å²) < 4.78 is 0. The molecule has 0 aliphatic heterocycles. The maximum Gasteiger partial charge on any atom is 0.0491 e. The molecule has 0 fully saturated rings. The third kappa shape index (κ3) is 3.69. The molecule has 0 spiro atoms. The Hall–Kier alpha value is -0.730. The smallest absolute Gasteiger partial charge is 0.0491 e. The minimum atomic E-state index is -0.266. The van der Waals surface area contributed by atoms with Crippen molar-refractivity contribution in [3.8, 4) is 0 Å². The van der Waals surface area contributed by atoms with Crippen molar-refractivity contribution in [1.82, 2.24) is 0 Å². The molecule has 3 N–H and O–H groups in total. The highest BCUT2D eigenvalue weighted by molar-refractivity contribution is 5.85.